The minimum Gasteiger partial charge on any atom is -0.332 e. The zero-order valence-corrected chi connectivity index (χ0v) is 20.6. The van der Waals surface area contributed by atoms with E-state index in [0.29, 0.717) is 25.2 Å². The van der Waals surface area contributed by atoms with E-state index in [1.807, 2.05) is 37.4 Å². The molecule has 1 heterocycles. The van der Waals surface area contributed by atoms with Gasteiger partial charge in [-0.3, -0.25) is 9.59 Å². The molecule has 0 aliphatic carbocycles. The van der Waals surface area contributed by atoms with Crippen LogP contribution in [0.25, 0.3) is 0 Å². The standard InChI is InChI=1S/C25H26BrFN2O2S/c1-3-13-28(25(31)20-6-8-21(26)9-7-20)17-24(30)29(16-23-18(2)12-14-32-23)15-19-4-10-22(27)11-5-19/h4-12,14H,3,13,15-17H2,1-2H3. The molecule has 0 radical (unpaired) electrons. The summed E-state index contributed by atoms with van der Waals surface area (Å²) in [6, 6.07) is 15.3. The van der Waals surface area contributed by atoms with Gasteiger partial charge in [0.25, 0.3) is 5.91 Å². The molecule has 168 valence electrons. The number of benzene rings is 2. The van der Waals surface area contributed by atoms with E-state index in [-0.39, 0.29) is 24.2 Å². The number of aryl methyl sites for hydroxylation is 1. The van der Waals surface area contributed by atoms with E-state index in [4.69, 9.17) is 0 Å². The highest BCUT2D eigenvalue weighted by Crippen LogP contribution is 2.20. The number of thiophene rings is 1. The zero-order valence-electron chi connectivity index (χ0n) is 18.2. The summed E-state index contributed by atoms with van der Waals surface area (Å²) in [7, 11) is 0. The largest absolute Gasteiger partial charge is 0.332 e. The Hall–Kier alpha value is -2.51. The third-order valence-electron chi connectivity index (χ3n) is 5.14. The Balaban J connectivity index is 1.80. The Morgan fingerprint density at radius 2 is 1.66 bits per heavy atom. The number of amides is 2. The number of halogens is 2. The molecule has 7 heteroatoms. The first-order chi connectivity index (χ1) is 15.4. The van der Waals surface area contributed by atoms with Crippen molar-refractivity contribution in [3.05, 3.63) is 91.8 Å². The molecule has 0 saturated heterocycles. The first-order valence-corrected chi connectivity index (χ1v) is 12.1. The molecule has 2 aromatic carbocycles. The van der Waals surface area contributed by atoms with E-state index >= 15 is 0 Å². The van der Waals surface area contributed by atoms with Gasteiger partial charge in [0.15, 0.2) is 0 Å². The zero-order chi connectivity index (χ0) is 23.1. The van der Waals surface area contributed by atoms with Gasteiger partial charge in [-0.1, -0.05) is 35.0 Å². The fraction of sp³-hybridized carbons (Fsp3) is 0.280. The van der Waals surface area contributed by atoms with Crippen molar-refractivity contribution in [2.24, 2.45) is 0 Å². The maximum absolute atomic E-state index is 13.4. The van der Waals surface area contributed by atoms with Crippen molar-refractivity contribution in [3.8, 4) is 0 Å². The number of carbonyl (C=O) groups excluding carboxylic acids is 2. The van der Waals surface area contributed by atoms with Crippen LogP contribution in [0.5, 0.6) is 0 Å². The van der Waals surface area contributed by atoms with Crippen molar-refractivity contribution >= 4 is 39.1 Å². The van der Waals surface area contributed by atoms with Crippen molar-refractivity contribution in [2.45, 2.75) is 33.4 Å². The molecule has 0 N–H and O–H groups in total. The molecular weight excluding hydrogens is 491 g/mol. The molecule has 0 aliphatic rings. The third-order valence-corrected chi connectivity index (χ3v) is 6.68. The van der Waals surface area contributed by atoms with Crippen LogP contribution < -0.4 is 0 Å². The van der Waals surface area contributed by atoms with Crippen LogP contribution in [0, 0.1) is 12.7 Å². The molecule has 0 bridgehead atoms. The summed E-state index contributed by atoms with van der Waals surface area (Å²) in [5.41, 5.74) is 2.52. The van der Waals surface area contributed by atoms with Gasteiger partial charge >= 0.3 is 0 Å². The van der Waals surface area contributed by atoms with E-state index < -0.39 is 0 Å². The molecule has 0 aliphatic heterocycles. The topological polar surface area (TPSA) is 40.6 Å². The molecule has 3 aromatic rings. The average Bonchev–Trinajstić information content (AvgIpc) is 3.18. The fourth-order valence-electron chi connectivity index (χ4n) is 3.34. The number of carbonyl (C=O) groups is 2. The number of hydrogen-bond acceptors (Lipinski definition) is 3. The Morgan fingerprint density at radius 3 is 2.25 bits per heavy atom. The summed E-state index contributed by atoms with van der Waals surface area (Å²) < 4.78 is 14.2. The van der Waals surface area contributed by atoms with Gasteiger partial charge in [-0.05, 0) is 72.3 Å². The Labute approximate surface area is 200 Å². The van der Waals surface area contributed by atoms with Crippen molar-refractivity contribution in [1.29, 1.82) is 0 Å². The average molecular weight is 517 g/mol. The molecule has 0 fully saturated rings. The maximum Gasteiger partial charge on any atom is 0.254 e. The normalized spacial score (nSPS) is 10.8. The van der Waals surface area contributed by atoms with Crippen LogP contribution in [0.1, 0.15) is 39.7 Å². The third kappa shape index (κ3) is 6.50. The van der Waals surface area contributed by atoms with Crippen molar-refractivity contribution in [3.63, 3.8) is 0 Å². The molecule has 4 nitrogen and oxygen atoms in total. The second-order valence-corrected chi connectivity index (χ2v) is 9.55. The molecule has 0 atom stereocenters. The quantitative estimate of drug-likeness (QED) is 0.347. The minimum absolute atomic E-state index is 0.00560. The van der Waals surface area contributed by atoms with Gasteiger partial charge in [-0.2, -0.15) is 0 Å². The van der Waals surface area contributed by atoms with Gasteiger partial charge in [0, 0.05) is 28.0 Å². The van der Waals surface area contributed by atoms with Crippen molar-refractivity contribution < 1.29 is 14.0 Å². The summed E-state index contributed by atoms with van der Waals surface area (Å²) in [5.74, 6) is -0.613. The number of nitrogens with zero attached hydrogens (tertiary/aromatic N) is 2. The number of hydrogen-bond donors (Lipinski definition) is 0. The molecule has 1 aromatic heterocycles. The molecule has 0 unspecified atom stereocenters. The highest BCUT2D eigenvalue weighted by atomic mass is 79.9. The lowest BCUT2D eigenvalue weighted by molar-refractivity contribution is -0.133. The van der Waals surface area contributed by atoms with E-state index in [1.165, 1.54) is 12.1 Å². The van der Waals surface area contributed by atoms with Crippen LogP contribution in [0.4, 0.5) is 4.39 Å². The van der Waals surface area contributed by atoms with Gasteiger partial charge in [0.2, 0.25) is 5.91 Å². The smallest absolute Gasteiger partial charge is 0.254 e. The van der Waals surface area contributed by atoms with Crippen molar-refractivity contribution in [2.75, 3.05) is 13.1 Å². The van der Waals surface area contributed by atoms with E-state index in [0.717, 1.165) is 26.9 Å². The number of rotatable bonds is 9. The summed E-state index contributed by atoms with van der Waals surface area (Å²) >= 11 is 4.99. The van der Waals surface area contributed by atoms with E-state index in [1.54, 1.807) is 45.4 Å². The van der Waals surface area contributed by atoms with Gasteiger partial charge < -0.3 is 9.80 Å². The van der Waals surface area contributed by atoms with Gasteiger partial charge in [0.1, 0.15) is 12.4 Å². The molecule has 32 heavy (non-hydrogen) atoms. The molecule has 0 saturated carbocycles. The lowest BCUT2D eigenvalue weighted by atomic mass is 10.1. The minimum atomic E-state index is -0.310. The van der Waals surface area contributed by atoms with Crippen LogP contribution in [0.2, 0.25) is 0 Å². The van der Waals surface area contributed by atoms with Gasteiger partial charge in [-0.15, -0.1) is 11.3 Å². The molecule has 3 rings (SSSR count). The fourth-order valence-corrected chi connectivity index (χ4v) is 4.53. The van der Waals surface area contributed by atoms with Crippen LogP contribution in [0.3, 0.4) is 0 Å². The Bertz CT molecular complexity index is 1050. The Kier molecular flexibility index (Phi) is 8.59. The lowest BCUT2D eigenvalue weighted by Gasteiger charge is -2.28. The highest BCUT2D eigenvalue weighted by molar-refractivity contribution is 9.10. The first-order valence-electron chi connectivity index (χ1n) is 10.5. The summed E-state index contributed by atoms with van der Waals surface area (Å²) in [6.45, 7) is 5.29. The lowest BCUT2D eigenvalue weighted by Crippen LogP contribution is -2.42. The van der Waals surface area contributed by atoms with Crippen LogP contribution in [0.15, 0.2) is 64.5 Å². The van der Waals surface area contributed by atoms with Crippen LogP contribution in [-0.2, 0) is 17.9 Å². The molecular formula is C25H26BrFN2O2S. The predicted octanol–water partition coefficient (Wildman–Crippen LogP) is 6.04. The Morgan fingerprint density at radius 1 is 0.969 bits per heavy atom. The molecule has 2 amide bonds. The van der Waals surface area contributed by atoms with Gasteiger partial charge in [0.05, 0.1) is 6.54 Å². The summed E-state index contributed by atoms with van der Waals surface area (Å²) in [5, 5.41) is 2.01. The second-order valence-electron chi connectivity index (χ2n) is 7.64. The van der Waals surface area contributed by atoms with Crippen molar-refractivity contribution in [1.82, 2.24) is 9.80 Å². The summed E-state index contributed by atoms with van der Waals surface area (Å²) in [6.07, 6.45) is 0.748. The van der Waals surface area contributed by atoms with Gasteiger partial charge in [-0.25, -0.2) is 4.39 Å². The van der Waals surface area contributed by atoms with Crippen LogP contribution >= 0.6 is 27.3 Å². The second kappa shape index (κ2) is 11.4. The monoisotopic (exact) mass is 516 g/mol. The van der Waals surface area contributed by atoms with Crippen LogP contribution in [-0.4, -0.2) is 34.7 Å². The maximum atomic E-state index is 13.4. The SMILES string of the molecule is CCCN(CC(=O)N(Cc1ccc(F)cc1)Cc1sccc1C)C(=O)c1ccc(Br)cc1. The van der Waals surface area contributed by atoms with E-state index in [9.17, 15) is 14.0 Å². The molecule has 0 spiro atoms. The van der Waals surface area contributed by atoms with E-state index in [2.05, 4.69) is 15.9 Å². The predicted molar refractivity (Wildman–Crippen MR) is 130 cm³/mol. The highest BCUT2D eigenvalue weighted by Gasteiger charge is 2.23. The summed E-state index contributed by atoms with van der Waals surface area (Å²) in [4.78, 5) is 30.9. The first kappa shape index (κ1) is 24.1.